The number of carbonyl (C=O) groups excluding carboxylic acids is 1. The number of hydrogen-bond donors (Lipinski definition) is 0. The van der Waals surface area contributed by atoms with Gasteiger partial charge < -0.3 is 9.57 Å². The second-order valence-corrected chi connectivity index (χ2v) is 5.85. The molecular weight excluding hydrogens is 254 g/mol. The molecule has 2 aliphatic rings. The third-order valence-corrected chi connectivity index (χ3v) is 4.32. The van der Waals surface area contributed by atoms with Crippen LogP contribution in [0.4, 0.5) is 0 Å². The fraction of sp³-hybridized carbons (Fsp3) is 0.875. The molecule has 0 N–H and O–H groups in total. The first kappa shape index (κ1) is 15.3. The Morgan fingerprint density at radius 3 is 2.35 bits per heavy atom. The Hall–Kier alpha value is -1.06. The molecule has 20 heavy (non-hydrogen) atoms. The summed E-state index contributed by atoms with van der Waals surface area (Å²) in [5.74, 6) is -0.138. The first-order valence-electron chi connectivity index (χ1n) is 8.23. The quantitative estimate of drug-likeness (QED) is 0.723. The maximum atomic E-state index is 11.9. The van der Waals surface area contributed by atoms with E-state index in [-0.39, 0.29) is 18.0 Å². The lowest BCUT2D eigenvalue weighted by molar-refractivity contribution is -0.135. The van der Waals surface area contributed by atoms with Crippen LogP contribution >= 0.6 is 0 Å². The van der Waals surface area contributed by atoms with Crippen LogP contribution in [-0.4, -0.2) is 24.4 Å². The van der Waals surface area contributed by atoms with Crippen LogP contribution < -0.4 is 0 Å². The molecule has 1 aliphatic carbocycles. The lowest BCUT2D eigenvalue weighted by Gasteiger charge is -2.19. The molecule has 114 valence electrons. The molecule has 0 radical (unpaired) electrons. The highest BCUT2D eigenvalue weighted by Crippen LogP contribution is 2.29. The maximum absolute atomic E-state index is 11.9. The summed E-state index contributed by atoms with van der Waals surface area (Å²) in [7, 11) is 0. The standard InChI is InChI=1S/C16H27NO3/c1-2-19-16(18)15-13-11-9-7-5-3-4-6-8-10-12-14(13)20-17-15/h13-14H,2-12H2,1H3/t13-,14+/m1/s1. The van der Waals surface area contributed by atoms with Gasteiger partial charge in [-0.15, -0.1) is 0 Å². The van der Waals surface area contributed by atoms with Gasteiger partial charge in [0.15, 0.2) is 5.71 Å². The van der Waals surface area contributed by atoms with Crippen molar-refractivity contribution in [2.75, 3.05) is 6.61 Å². The van der Waals surface area contributed by atoms with E-state index in [0.717, 1.165) is 19.3 Å². The van der Waals surface area contributed by atoms with Gasteiger partial charge in [-0.25, -0.2) is 4.79 Å². The van der Waals surface area contributed by atoms with E-state index in [4.69, 9.17) is 9.57 Å². The Kier molecular flexibility index (Phi) is 6.34. The molecular formula is C16H27NO3. The van der Waals surface area contributed by atoms with Gasteiger partial charge in [0, 0.05) is 0 Å². The van der Waals surface area contributed by atoms with Crippen LogP contribution in [0.5, 0.6) is 0 Å². The van der Waals surface area contributed by atoms with Crippen molar-refractivity contribution in [3.05, 3.63) is 0 Å². The molecule has 0 spiro atoms. The van der Waals surface area contributed by atoms with E-state index in [1.54, 1.807) is 0 Å². The van der Waals surface area contributed by atoms with Gasteiger partial charge in [0.1, 0.15) is 6.10 Å². The van der Waals surface area contributed by atoms with Gasteiger partial charge in [-0.1, -0.05) is 50.1 Å². The van der Waals surface area contributed by atoms with Gasteiger partial charge in [0.25, 0.3) is 0 Å². The summed E-state index contributed by atoms with van der Waals surface area (Å²) in [6.45, 7) is 2.22. The van der Waals surface area contributed by atoms with Crippen molar-refractivity contribution in [3.63, 3.8) is 0 Å². The molecule has 0 aromatic carbocycles. The fourth-order valence-corrected chi connectivity index (χ4v) is 3.18. The van der Waals surface area contributed by atoms with Crippen molar-refractivity contribution in [2.24, 2.45) is 11.1 Å². The van der Waals surface area contributed by atoms with Crippen LogP contribution in [0.1, 0.15) is 71.1 Å². The summed E-state index contributed by atoms with van der Waals surface area (Å²) in [5, 5.41) is 4.03. The third kappa shape index (κ3) is 4.22. The molecule has 0 bridgehead atoms. The average molecular weight is 281 g/mol. The summed E-state index contributed by atoms with van der Waals surface area (Å²) in [6.07, 6.45) is 12.3. The van der Waals surface area contributed by atoms with Crippen LogP contribution in [0.3, 0.4) is 0 Å². The zero-order valence-electron chi connectivity index (χ0n) is 12.6. The number of oxime groups is 1. The Labute approximate surface area is 121 Å². The smallest absolute Gasteiger partial charge is 0.356 e. The predicted octanol–water partition coefficient (Wildman–Crippen LogP) is 3.84. The number of esters is 1. The highest BCUT2D eigenvalue weighted by molar-refractivity contribution is 6.37. The van der Waals surface area contributed by atoms with Gasteiger partial charge in [-0.05, 0) is 26.2 Å². The lowest BCUT2D eigenvalue weighted by atomic mass is 9.87. The van der Waals surface area contributed by atoms with Crippen molar-refractivity contribution in [2.45, 2.75) is 77.2 Å². The molecule has 1 aliphatic heterocycles. The number of rotatable bonds is 2. The molecule has 0 aromatic rings. The fourth-order valence-electron chi connectivity index (χ4n) is 3.18. The van der Waals surface area contributed by atoms with Gasteiger partial charge in [-0.3, -0.25) is 0 Å². The van der Waals surface area contributed by atoms with Crippen LogP contribution in [-0.2, 0) is 14.4 Å². The highest BCUT2D eigenvalue weighted by Gasteiger charge is 2.37. The van der Waals surface area contributed by atoms with Crippen molar-refractivity contribution >= 4 is 11.7 Å². The lowest BCUT2D eigenvalue weighted by Crippen LogP contribution is -2.30. The van der Waals surface area contributed by atoms with E-state index < -0.39 is 0 Å². The largest absolute Gasteiger partial charge is 0.461 e. The van der Waals surface area contributed by atoms with Crippen LogP contribution in [0.15, 0.2) is 5.16 Å². The molecule has 0 aromatic heterocycles. The second kappa shape index (κ2) is 8.28. The Morgan fingerprint density at radius 1 is 1.10 bits per heavy atom. The topological polar surface area (TPSA) is 47.9 Å². The number of carbonyl (C=O) groups is 1. The summed E-state index contributed by atoms with van der Waals surface area (Å²) >= 11 is 0. The van der Waals surface area contributed by atoms with Crippen LogP contribution in [0, 0.1) is 5.92 Å². The van der Waals surface area contributed by atoms with E-state index in [2.05, 4.69) is 5.16 Å². The number of hydrogen-bond acceptors (Lipinski definition) is 4. The minimum absolute atomic E-state index is 0.0915. The molecule has 2 rings (SSSR count). The van der Waals surface area contributed by atoms with Crippen molar-refractivity contribution in [1.29, 1.82) is 0 Å². The van der Waals surface area contributed by atoms with Crippen LogP contribution in [0.25, 0.3) is 0 Å². The first-order chi connectivity index (χ1) is 9.83. The number of fused-ring (bicyclic) bond motifs is 1. The third-order valence-electron chi connectivity index (χ3n) is 4.32. The number of ether oxygens (including phenoxy) is 1. The maximum Gasteiger partial charge on any atom is 0.356 e. The van der Waals surface area contributed by atoms with Crippen molar-refractivity contribution < 1.29 is 14.4 Å². The van der Waals surface area contributed by atoms with E-state index in [9.17, 15) is 4.79 Å². The first-order valence-corrected chi connectivity index (χ1v) is 8.23. The predicted molar refractivity (Wildman–Crippen MR) is 78.6 cm³/mol. The van der Waals surface area contributed by atoms with Crippen LogP contribution in [0.2, 0.25) is 0 Å². The van der Waals surface area contributed by atoms with E-state index in [0.29, 0.717) is 12.3 Å². The molecule has 1 fully saturated rings. The second-order valence-electron chi connectivity index (χ2n) is 5.85. The molecule has 4 nitrogen and oxygen atoms in total. The molecule has 2 atom stereocenters. The van der Waals surface area contributed by atoms with Gasteiger partial charge in [-0.2, -0.15) is 0 Å². The van der Waals surface area contributed by atoms with Crippen molar-refractivity contribution in [1.82, 2.24) is 0 Å². The zero-order valence-corrected chi connectivity index (χ0v) is 12.6. The summed E-state index contributed by atoms with van der Waals surface area (Å²) in [6, 6.07) is 0. The molecule has 4 heteroatoms. The minimum Gasteiger partial charge on any atom is -0.461 e. The molecule has 0 amide bonds. The Morgan fingerprint density at radius 2 is 1.70 bits per heavy atom. The van der Waals surface area contributed by atoms with Gasteiger partial charge in [0.05, 0.1) is 12.5 Å². The van der Waals surface area contributed by atoms with E-state index in [1.165, 1.54) is 44.9 Å². The zero-order chi connectivity index (χ0) is 14.2. The molecule has 1 saturated carbocycles. The van der Waals surface area contributed by atoms with Gasteiger partial charge >= 0.3 is 5.97 Å². The summed E-state index contributed by atoms with van der Waals surface area (Å²) in [5.41, 5.74) is 0.522. The summed E-state index contributed by atoms with van der Waals surface area (Å²) < 4.78 is 5.10. The number of nitrogens with zero attached hydrogens (tertiary/aromatic N) is 1. The Bertz CT molecular complexity index is 341. The van der Waals surface area contributed by atoms with E-state index in [1.807, 2.05) is 6.92 Å². The summed E-state index contributed by atoms with van der Waals surface area (Å²) in [4.78, 5) is 17.5. The molecule has 0 saturated heterocycles. The Balaban J connectivity index is 1.95. The normalized spacial score (nSPS) is 28.4. The van der Waals surface area contributed by atoms with Crippen molar-refractivity contribution in [3.8, 4) is 0 Å². The minimum atomic E-state index is -0.285. The monoisotopic (exact) mass is 281 g/mol. The highest BCUT2D eigenvalue weighted by atomic mass is 16.6. The SMILES string of the molecule is CCOC(=O)C1=NO[C@H]2CCCCCCCCCC[C@@H]12. The molecule has 1 heterocycles. The van der Waals surface area contributed by atoms with Gasteiger partial charge in [0.2, 0.25) is 0 Å². The van der Waals surface area contributed by atoms with E-state index >= 15 is 0 Å². The average Bonchev–Trinajstić information content (AvgIpc) is 2.82. The molecule has 0 unspecified atom stereocenters.